The number of rotatable bonds is 10. The molecule has 0 spiro atoms. The number of anilines is 1. The van der Waals surface area contributed by atoms with Gasteiger partial charge in [-0.15, -0.1) is 0 Å². The van der Waals surface area contributed by atoms with Gasteiger partial charge in [-0.2, -0.15) is 0 Å². The Bertz CT molecular complexity index is 1200. The summed E-state index contributed by atoms with van der Waals surface area (Å²) in [7, 11) is -3.85. The second-order valence-corrected chi connectivity index (χ2v) is 12.4. The van der Waals surface area contributed by atoms with Crippen LogP contribution in [-0.4, -0.2) is 50.0 Å². The minimum Gasteiger partial charge on any atom is -0.352 e. The summed E-state index contributed by atoms with van der Waals surface area (Å²) in [4.78, 5) is 28.7. The molecule has 1 fully saturated rings. The normalized spacial score (nSPS) is 15.2. The SMILES string of the molecule is CC[C@H](C(=O)NC1CCCCC1)N(Cc1ccc(C)cc1)C(=O)CN(c1ccc(Cl)c(Cl)c1)S(C)(=O)=O. The summed E-state index contributed by atoms with van der Waals surface area (Å²) in [5, 5.41) is 3.58. The van der Waals surface area contributed by atoms with E-state index in [-0.39, 0.29) is 34.2 Å². The molecule has 0 heterocycles. The molecule has 1 aliphatic rings. The molecule has 2 aromatic carbocycles. The zero-order valence-electron chi connectivity index (χ0n) is 21.5. The average Bonchev–Trinajstić information content (AvgIpc) is 2.85. The van der Waals surface area contributed by atoms with Crippen molar-refractivity contribution in [2.24, 2.45) is 0 Å². The van der Waals surface area contributed by atoms with Gasteiger partial charge >= 0.3 is 0 Å². The fraction of sp³-hybridized carbons (Fsp3) is 0.481. The second kappa shape index (κ2) is 13.0. The Kier molecular flexibility index (Phi) is 10.3. The number of hydrogen-bond acceptors (Lipinski definition) is 4. The summed E-state index contributed by atoms with van der Waals surface area (Å²) >= 11 is 12.1. The van der Waals surface area contributed by atoms with Crippen LogP contribution in [0.15, 0.2) is 42.5 Å². The molecule has 0 aliphatic heterocycles. The molecule has 0 aromatic heterocycles. The minimum absolute atomic E-state index is 0.0929. The van der Waals surface area contributed by atoms with Gasteiger partial charge < -0.3 is 10.2 Å². The lowest BCUT2D eigenvalue weighted by atomic mass is 9.95. The molecular formula is C27H35Cl2N3O4S. The molecule has 1 aliphatic carbocycles. The Hall–Kier alpha value is -2.29. The van der Waals surface area contributed by atoms with Gasteiger partial charge in [0.05, 0.1) is 22.0 Å². The quantitative estimate of drug-likeness (QED) is 0.420. The highest BCUT2D eigenvalue weighted by molar-refractivity contribution is 7.92. The van der Waals surface area contributed by atoms with Crippen molar-refractivity contribution < 1.29 is 18.0 Å². The lowest BCUT2D eigenvalue weighted by Crippen LogP contribution is -2.53. The zero-order valence-corrected chi connectivity index (χ0v) is 23.9. The van der Waals surface area contributed by atoms with E-state index >= 15 is 0 Å². The van der Waals surface area contributed by atoms with E-state index in [4.69, 9.17) is 23.2 Å². The van der Waals surface area contributed by atoms with Crippen molar-refractivity contribution in [3.05, 3.63) is 63.6 Å². The maximum Gasteiger partial charge on any atom is 0.244 e. The van der Waals surface area contributed by atoms with Gasteiger partial charge in [0.2, 0.25) is 21.8 Å². The first-order valence-corrected chi connectivity index (χ1v) is 15.2. The second-order valence-electron chi connectivity index (χ2n) is 9.64. The first-order chi connectivity index (χ1) is 17.5. The van der Waals surface area contributed by atoms with Gasteiger partial charge in [-0.05, 0) is 49.9 Å². The third-order valence-electron chi connectivity index (χ3n) is 6.68. The van der Waals surface area contributed by atoms with Crippen LogP contribution in [0.3, 0.4) is 0 Å². The van der Waals surface area contributed by atoms with E-state index in [1.54, 1.807) is 0 Å². The minimum atomic E-state index is -3.85. The lowest BCUT2D eigenvalue weighted by Gasteiger charge is -2.34. The Labute approximate surface area is 230 Å². The smallest absolute Gasteiger partial charge is 0.244 e. The lowest BCUT2D eigenvalue weighted by molar-refractivity contribution is -0.140. The molecule has 0 bridgehead atoms. The van der Waals surface area contributed by atoms with Crippen molar-refractivity contribution in [1.82, 2.24) is 10.2 Å². The zero-order chi connectivity index (χ0) is 27.2. The van der Waals surface area contributed by atoms with Crippen molar-refractivity contribution in [3.8, 4) is 0 Å². The van der Waals surface area contributed by atoms with Crippen LogP contribution in [0, 0.1) is 6.92 Å². The molecule has 2 aromatic rings. The summed E-state index contributed by atoms with van der Waals surface area (Å²) in [5.41, 5.74) is 2.15. The van der Waals surface area contributed by atoms with Gasteiger partial charge in [0, 0.05) is 12.6 Å². The molecule has 0 radical (unpaired) electrons. The van der Waals surface area contributed by atoms with Crippen molar-refractivity contribution in [3.63, 3.8) is 0 Å². The van der Waals surface area contributed by atoms with Crippen molar-refractivity contribution >= 4 is 50.7 Å². The largest absolute Gasteiger partial charge is 0.352 e. The van der Waals surface area contributed by atoms with Crippen LogP contribution in [0.2, 0.25) is 10.0 Å². The van der Waals surface area contributed by atoms with Crippen molar-refractivity contribution in [1.29, 1.82) is 0 Å². The number of nitrogens with zero attached hydrogens (tertiary/aromatic N) is 2. The molecule has 2 amide bonds. The van der Waals surface area contributed by atoms with E-state index < -0.39 is 28.5 Å². The Balaban J connectivity index is 1.92. The molecule has 1 atom stereocenters. The summed E-state index contributed by atoms with van der Waals surface area (Å²) in [5.74, 6) is -0.696. The first kappa shape index (κ1) is 29.3. The summed E-state index contributed by atoms with van der Waals surface area (Å²) in [6, 6.07) is 11.5. The monoisotopic (exact) mass is 567 g/mol. The van der Waals surface area contributed by atoms with E-state index in [0.29, 0.717) is 6.42 Å². The number of carbonyl (C=O) groups excluding carboxylic acids is 2. The highest BCUT2D eigenvalue weighted by Gasteiger charge is 2.33. The van der Waals surface area contributed by atoms with Crippen LogP contribution >= 0.6 is 23.2 Å². The van der Waals surface area contributed by atoms with E-state index in [2.05, 4.69) is 5.32 Å². The van der Waals surface area contributed by atoms with E-state index in [1.165, 1.54) is 23.1 Å². The number of hydrogen-bond donors (Lipinski definition) is 1. The number of amides is 2. The summed E-state index contributed by atoms with van der Waals surface area (Å²) in [6.07, 6.45) is 6.57. The van der Waals surface area contributed by atoms with Crippen molar-refractivity contribution in [2.45, 2.75) is 71.0 Å². The Morgan fingerprint density at radius 1 is 1.03 bits per heavy atom. The molecule has 202 valence electrons. The van der Waals surface area contributed by atoms with Gasteiger partial charge in [-0.1, -0.05) is 79.2 Å². The molecule has 7 nitrogen and oxygen atoms in total. The van der Waals surface area contributed by atoms with Crippen LogP contribution in [0.25, 0.3) is 0 Å². The summed E-state index contributed by atoms with van der Waals surface area (Å²) in [6.45, 7) is 3.53. The van der Waals surface area contributed by atoms with Crippen LogP contribution in [0.1, 0.15) is 56.6 Å². The van der Waals surface area contributed by atoms with Gasteiger partial charge in [-0.25, -0.2) is 8.42 Å². The standard InChI is InChI=1S/C27H35Cl2N3O4S/c1-4-25(27(34)30-21-8-6-5-7-9-21)31(17-20-12-10-19(2)11-13-20)26(33)18-32(37(3,35)36)22-14-15-23(28)24(29)16-22/h10-16,21,25H,4-9,17-18H2,1-3H3,(H,30,34)/t25-/m1/s1. The highest BCUT2D eigenvalue weighted by atomic mass is 35.5. The van der Waals surface area contributed by atoms with E-state index in [0.717, 1.165) is 53.8 Å². The number of aryl methyl sites for hydroxylation is 1. The average molecular weight is 569 g/mol. The van der Waals surface area contributed by atoms with E-state index in [1.807, 2.05) is 38.1 Å². The topological polar surface area (TPSA) is 86.8 Å². The molecule has 1 N–H and O–H groups in total. The molecule has 37 heavy (non-hydrogen) atoms. The first-order valence-electron chi connectivity index (χ1n) is 12.6. The molecular weight excluding hydrogens is 533 g/mol. The van der Waals surface area contributed by atoms with Crippen LogP contribution in [0.5, 0.6) is 0 Å². The van der Waals surface area contributed by atoms with Crippen molar-refractivity contribution in [2.75, 3.05) is 17.1 Å². The highest BCUT2D eigenvalue weighted by Crippen LogP contribution is 2.29. The van der Waals surface area contributed by atoms with Crippen LogP contribution in [-0.2, 0) is 26.2 Å². The maximum atomic E-state index is 13.8. The molecule has 3 rings (SSSR count). The number of carbonyl (C=O) groups is 2. The predicted molar refractivity (Wildman–Crippen MR) is 149 cm³/mol. The maximum absolute atomic E-state index is 13.8. The van der Waals surface area contributed by atoms with Gasteiger partial charge in [0.1, 0.15) is 12.6 Å². The fourth-order valence-corrected chi connectivity index (χ4v) is 5.74. The third-order valence-corrected chi connectivity index (χ3v) is 8.56. The molecule has 10 heteroatoms. The van der Waals surface area contributed by atoms with Gasteiger partial charge in [-0.3, -0.25) is 13.9 Å². The van der Waals surface area contributed by atoms with Crippen LogP contribution in [0.4, 0.5) is 5.69 Å². The molecule has 1 saturated carbocycles. The number of halogens is 2. The Morgan fingerprint density at radius 3 is 2.24 bits per heavy atom. The number of benzene rings is 2. The van der Waals surface area contributed by atoms with Gasteiger partial charge in [0.15, 0.2) is 0 Å². The molecule has 0 saturated heterocycles. The predicted octanol–water partition coefficient (Wildman–Crippen LogP) is 5.32. The third kappa shape index (κ3) is 8.09. The molecule has 0 unspecified atom stereocenters. The number of sulfonamides is 1. The fourth-order valence-electron chi connectivity index (χ4n) is 4.61. The summed E-state index contributed by atoms with van der Waals surface area (Å²) < 4.78 is 26.4. The number of nitrogens with one attached hydrogen (secondary N) is 1. The van der Waals surface area contributed by atoms with E-state index in [9.17, 15) is 18.0 Å². The Morgan fingerprint density at radius 2 is 1.68 bits per heavy atom. The van der Waals surface area contributed by atoms with Gasteiger partial charge in [0.25, 0.3) is 0 Å². The van der Waals surface area contributed by atoms with Crippen LogP contribution < -0.4 is 9.62 Å².